The van der Waals surface area contributed by atoms with Crippen molar-refractivity contribution in [2.75, 3.05) is 21.3 Å². The summed E-state index contributed by atoms with van der Waals surface area (Å²) in [7, 11) is 4.34. The second kappa shape index (κ2) is 8.01. The maximum absolute atomic E-state index is 11.6. The molecule has 0 saturated heterocycles. The predicted octanol–water partition coefficient (Wildman–Crippen LogP) is 2.88. The Hall–Kier alpha value is -3.02. The van der Waals surface area contributed by atoms with Gasteiger partial charge >= 0.3 is 5.97 Å². The van der Waals surface area contributed by atoms with E-state index in [1.807, 2.05) is 0 Å². The number of benzene rings is 2. The van der Waals surface area contributed by atoms with Crippen LogP contribution in [0.25, 0.3) is 0 Å². The third kappa shape index (κ3) is 3.84. The van der Waals surface area contributed by atoms with Crippen LogP contribution >= 0.6 is 0 Å². The first-order valence-electron chi connectivity index (χ1n) is 7.14. The van der Waals surface area contributed by atoms with Crippen molar-refractivity contribution in [1.29, 1.82) is 0 Å². The van der Waals surface area contributed by atoms with Crippen LogP contribution in [0.3, 0.4) is 0 Å². The van der Waals surface area contributed by atoms with Gasteiger partial charge in [-0.3, -0.25) is 4.79 Å². The average Bonchev–Trinajstić information content (AvgIpc) is 2.65. The van der Waals surface area contributed by atoms with Gasteiger partial charge in [0.2, 0.25) is 0 Å². The molecule has 0 bridgehead atoms. The second-order valence-electron chi connectivity index (χ2n) is 4.84. The predicted molar refractivity (Wildman–Crippen MR) is 87.0 cm³/mol. The third-order valence-electron chi connectivity index (χ3n) is 3.41. The zero-order chi connectivity index (χ0) is 17.5. The molecule has 0 aliphatic rings. The van der Waals surface area contributed by atoms with Crippen LogP contribution in [0, 0.1) is 0 Å². The van der Waals surface area contributed by atoms with Crippen molar-refractivity contribution in [3.63, 3.8) is 0 Å². The molecule has 0 aliphatic heterocycles. The topological polar surface area (TPSA) is 71.1 Å². The summed E-state index contributed by atoms with van der Waals surface area (Å²) in [5.74, 6) is 1.03. The number of rotatable bonds is 7. The van der Waals surface area contributed by atoms with E-state index in [0.717, 1.165) is 11.8 Å². The summed E-state index contributed by atoms with van der Waals surface area (Å²) in [5.41, 5.74) is 1.62. The first-order chi connectivity index (χ1) is 11.6. The highest BCUT2D eigenvalue weighted by molar-refractivity contribution is 5.90. The van der Waals surface area contributed by atoms with Crippen LogP contribution in [0.4, 0.5) is 0 Å². The van der Waals surface area contributed by atoms with Crippen LogP contribution in [0.1, 0.15) is 26.3 Å². The van der Waals surface area contributed by atoms with Gasteiger partial charge in [-0.15, -0.1) is 0 Å². The van der Waals surface area contributed by atoms with Crippen molar-refractivity contribution < 1.29 is 28.5 Å². The van der Waals surface area contributed by atoms with Gasteiger partial charge in [0.05, 0.1) is 26.9 Å². The minimum atomic E-state index is -0.458. The van der Waals surface area contributed by atoms with Crippen LogP contribution in [0.2, 0.25) is 0 Å². The summed E-state index contributed by atoms with van der Waals surface area (Å²) in [4.78, 5) is 22.5. The second-order valence-corrected chi connectivity index (χ2v) is 4.84. The lowest BCUT2D eigenvalue weighted by molar-refractivity contribution is 0.0600. The summed E-state index contributed by atoms with van der Waals surface area (Å²) in [5, 5.41) is 0. The van der Waals surface area contributed by atoms with Crippen molar-refractivity contribution in [1.82, 2.24) is 0 Å². The van der Waals surface area contributed by atoms with Crippen molar-refractivity contribution in [3.05, 3.63) is 53.1 Å². The molecule has 0 radical (unpaired) electrons. The van der Waals surface area contributed by atoms with Crippen LogP contribution < -0.4 is 14.2 Å². The fourth-order valence-corrected chi connectivity index (χ4v) is 2.17. The van der Waals surface area contributed by atoms with Gasteiger partial charge in [-0.05, 0) is 36.4 Å². The van der Waals surface area contributed by atoms with E-state index in [4.69, 9.17) is 14.2 Å². The highest BCUT2D eigenvalue weighted by Gasteiger charge is 2.12. The fraction of sp³-hybridized carbons (Fsp3) is 0.222. The molecular formula is C18H18O6. The van der Waals surface area contributed by atoms with Gasteiger partial charge in [0.1, 0.15) is 18.6 Å². The molecule has 126 valence electrons. The molecule has 6 nitrogen and oxygen atoms in total. The van der Waals surface area contributed by atoms with E-state index in [2.05, 4.69) is 4.74 Å². The zero-order valence-corrected chi connectivity index (χ0v) is 13.7. The molecule has 24 heavy (non-hydrogen) atoms. The lowest BCUT2D eigenvalue weighted by Gasteiger charge is -2.14. The molecule has 0 atom stereocenters. The SMILES string of the molecule is COC(=O)c1ccc(OCc2cc(C=O)ccc2OC)c(OC)c1. The van der Waals surface area contributed by atoms with Crippen LogP contribution in [0.15, 0.2) is 36.4 Å². The normalized spacial score (nSPS) is 9.96. The minimum absolute atomic E-state index is 0.179. The maximum atomic E-state index is 11.6. The van der Waals surface area contributed by atoms with Crippen molar-refractivity contribution >= 4 is 12.3 Å². The molecule has 0 heterocycles. The molecule has 6 heteroatoms. The fourth-order valence-electron chi connectivity index (χ4n) is 2.17. The minimum Gasteiger partial charge on any atom is -0.496 e. The lowest BCUT2D eigenvalue weighted by atomic mass is 10.1. The molecule has 2 aromatic carbocycles. The summed E-state index contributed by atoms with van der Waals surface area (Å²) in [6.45, 7) is 0.179. The van der Waals surface area contributed by atoms with Crippen LogP contribution in [0.5, 0.6) is 17.2 Å². The molecule has 2 rings (SSSR count). The van der Waals surface area contributed by atoms with E-state index in [1.54, 1.807) is 43.5 Å². The smallest absolute Gasteiger partial charge is 0.337 e. The molecule has 2 aromatic rings. The van der Waals surface area contributed by atoms with E-state index < -0.39 is 5.97 Å². The first-order valence-corrected chi connectivity index (χ1v) is 7.14. The summed E-state index contributed by atoms with van der Waals surface area (Å²) < 4.78 is 20.9. The zero-order valence-electron chi connectivity index (χ0n) is 13.7. The molecule has 0 unspecified atom stereocenters. The quantitative estimate of drug-likeness (QED) is 0.574. The highest BCUT2D eigenvalue weighted by Crippen LogP contribution is 2.30. The Balaban J connectivity index is 2.23. The van der Waals surface area contributed by atoms with Gasteiger partial charge in [-0.25, -0.2) is 4.79 Å². The Kier molecular flexibility index (Phi) is 5.78. The molecule has 0 N–H and O–H groups in total. The third-order valence-corrected chi connectivity index (χ3v) is 3.41. The highest BCUT2D eigenvalue weighted by atomic mass is 16.5. The lowest BCUT2D eigenvalue weighted by Crippen LogP contribution is -2.04. The summed E-state index contributed by atoms with van der Waals surface area (Å²) in [6, 6.07) is 9.83. The first kappa shape index (κ1) is 17.3. The average molecular weight is 330 g/mol. The monoisotopic (exact) mass is 330 g/mol. The Morgan fingerprint density at radius 2 is 1.67 bits per heavy atom. The van der Waals surface area contributed by atoms with Gasteiger partial charge in [-0.2, -0.15) is 0 Å². The number of aldehydes is 1. The van der Waals surface area contributed by atoms with Crippen LogP contribution in [-0.2, 0) is 11.3 Å². The van der Waals surface area contributed by atoms with E-state index in [-0.39, 0.29) is 6.61 Å². The number of carbonyl (C=O) groups excluding carboxylic acids is 2. The molecule has 0 spiro atoms. The number of hydrogen-bond donors (Lipinski definition) is 0. The summed E-state index contributed by atoms with van der Waals surface area (Å²) in [6.07, 6.45) is 0.759. The molecule has 0 aliphatic carbocycles. The Morgan fingerprint density at radius 1 is 0.958 bits per heavy atom. The largest absolute Gasteiger partial charge is 0.496 e. The maximum Gasteiger partial charge on any atom is 0.337 e. The van der Waals surface area contributed by atoms with E-state index in [9.17, 15) is 9.59 Å². The van der Waals surface area contributed by atoms with Gasteiger partial charge in [-0.1, -0.05) is 0 Å². The molecular weight excluding hydrogens is 312 g/mol. The molecule has 0 amide bonds. The number of carbonyl (C=O) groups is 2. The van der Waals surface area contributed by atoms with Gasteiger partial charge in [0.25, 0.3) is 0 Å². The van der Waals surface area contributed by atoms with Crippen molar-refractivity contribution in [3.8, 4) is 17.2 Å². The van der Waals surface area contributed by atoms with Crippen LogP contribution in [-0.4, -0.2) is 33.6 Å². The Morgan fingerprint density at radius 3 is 2.29 bits per heavy atom. The Labute approximate surface area is 139 Å². The van der Waals surface area contributed by atoms with E-state index >= 15 is 0 Å². The van der Waals surface area contributed by atoms with E-state index in [0.29, 0.717) is 28.4 Å². The molecule has 0 fully saturated rings. The van der Waals surface area contributed by atoms with Gasteiger partial charge < -0.3 is 18.9 Å². The van der Waals surface area contributed by atoms with Crippen molar-refractivity contribution in [2.24, 2.45) is 0 Å². The standard InChI is InChI=1S/C18H18O6/c1-21-15-6-4-12(10-19)8-14(15)11-24-16-7-5-13(18(20)23-3)9-17(16)22-2/h4-10H,11H2,1-3H3. The number of methoxy groups -OCH3 is 3. The van der Waals surface area contributed by atoms with Gasteiger partial charge in [0, 0.05) is 11.1 Å². The molecule has 0 saturated carbocycles. The Bertz CT molecular complexity index is 738. The number of esters is 1. The molecule has 0 aromatic heterocycles. The van der Waals surface area contributed by atoms with E-state index in [1.165, 1.54) is 14.2 Å². The van der Waals surface area contributed by atoms with Gasteiger partial charge in [0.15, 0.2) is 11.5 Å². The number of ether oxygens (including phenoxy) is 4. The summed E-state index contributed by atoms with van der Waals surface area (Å²) >= 11 is 0. The van der Waals surface area contributed by atoms with Crippen molar-refractivity contribution in [2.45, 2.75) is 6.61 Å². The number of hydrogen-bond acceptors (Lipinski definition) is 6.